The summed E-state index contributed by atoms with van der Waals surface area (Å²) in [5, 5.41) is 13.8. The Morgan fingerprint density at radius 1 is 1.42 bits per heavy atom. The van der Waals surface area contributed by atoms with Gasteiger partial charge in [0.25, 0.3) is 0 Å². The average Bonchev–Trinajstić information content (AvgIpc) is 2.39. The summed E-state index contributed by atoms with van der Waals surface area (Å²) in [5.74, 6) is 1.44. The fourth-order valence-corrected chi connectivity index (χ4v) is 2.94. The SMILES string of the molecule is COc1ccc(Cl)cc1CNCC1CCCC(O)C1. The Bertz CT molecular complexity index is 411. The highest BCUT2D eigenvalue weighted by atomic mass is 35.5. The lowest BCUT2D eigenvalue weighted by molar-refractivity contribution is 0.101. The highest BCUT2D eigenvalue weighted by molar-refractivity contribution is 6.30. The summed E-state index contributed by atoms with van der Waals surface area (Å²) < 4.78 is 5.32. The highest BCUT2D eigenvalue weighted by Crippen LogP contribution is 2.25. The Hall–Kier alpha value is -0.770. The summed E-state index contributed by atoms with van der Waals surface area (Å²) in [6, 6.07) is 5.66. The lowest BCUT2D eigenvalue weighted by atomic mass is 9.87. The molecule has 0 aliphatic heterocycles. The first-order valence-electron chi connectivity index (χ1n) is 6.90. The lowest BCUT2D eigenvalue weighted by Crippen LogP contribution is -2.29. The van der Waals surface area contributed by atoms with Crippen molar-refractivity contribution in [1.29, 1.82) is 0 Å². The third kappa shape index (κ3) is 4.37. The molecule has 0 radical (unpaired) electrons. The second kappa shape index (κ2) is 7.13. The molecule has 3 nitrogen and oxygen atoms in total. The van der Waals surface area contributed by atoms with Gasteiger partial charge in [-0.1, -0.05) is 18.0 Å². The van der Waals surface area contributed by atoms with Gasteiger partial charge in [-0.05, 0) is 49.9 Å². The van der Waals surface area contributed by atoms with Crippen molar-refractivity contribution in [3.8, 4) is 5.75 Å². The first-order valence-corrected chi connectivity index (χ1v) is 7.28. The molecule has 0 amide bonds. The molecule has 0 aromatic heterocycles. The highest BCUT2D eigenvalue weighted by Gasteiger charge is 2.19. The van der Waals surface area contributed by atoms with Crippen molar-refractivity contribution in [3.63, 3.8) is 0 Å². The molecule has 0 spiro atoms. The van der Waals surface area contributed by atoms with Crippen molar-refractivity contribution >= 4 is 11.6 Å². The van der Waals surface area contributed by atoms with Crippen LogP contribution in [0.25, 0.3) is 0 Å². The van der Waals surface area contributed by atoms with Gasteiger partial charge in [-0.25, -0.2) is 0 Å². The average molecular weight is 284 g/mol. The quantitative estimate of drug-likeness (QED) is 0.873. The van der Waals surface area contributed by atoms with Crippen LogP contribution in [0.5, 0.6) is 5.75 Å². The summed E-state index contributed by atoms with van der Waals surface area (Å²) in [4.78, 5) is 0. The molecule has 1 aliphatic carbocycles. The maximum absolute atomic E-state index is 9.65. The van der Waals surface area contributed by atoms with E-state index in [1.165, 1.54) is 6.42 Å². The summed E-state index contributed by atoms with van der Waals surface area (Å²) in [6.07, 6.45) is 4.10. The molecule has 1 aromatic carbocycles. The van der Waals surface area contributed by atoms with Crippen molar-refractivity contribution < 1.29 is 9.84 Å². The van der Waals surface area contributed by atoms with Crippen molar-refractivity contribution in [2.24, 2.45) is 5.92 Å². The maximum atomic E-state index is 9.65. The van der Waals surface area contributed by atoms with Crippen molar-refractivity contribution in [2.45, 2.75) is 38.3 Å². The van der Waals surface area contributed by atoms with Crippen LogP contribution < -0.4 is 10.1 Å². The number of aliphatic hydroxyl groups is 1. The number of rotatable bonds is 5. The number of aliphatic hydroxyl groups excluding tert-OH is 1. The first kappa shape index (κ1) is 14.6. The van der Waals surface area contributed by atoms with Gasteiger partial charge >= 0.3 is 0 Å². The molecule has 1 fully saturated rings. The second-order valence-corrected chi connectivity index (χ2v) is 5.71. The topological polar surface area (TPSA) is 41.5 Å². The summed E-state index contributed by atoms with van der Waals surface area (Å²) in [6.45, 7) is 1.68. The monoisotopic (exact) mass is 283 g/mol. The molecule has 1 aliphatic rings. The smallest absolute Gasteiger partial charge is 0.123 e. The number of hydrogen-bond donors (Lipinski definition) is 2. The zero-order chi connectivity index (χ0) is 13.7. The van der Waals surface area contributed by atoms with E-state index < -0.39 is 0 Å². The van der Waals surface area contributed by atoms with Gasteiger partial charge in [-0.3, -0.25) is 0 Å². The van der Waals surface area contributed by atoms with Gasteiger partial charge < -0.3 is 15.2 Å². The van der Waals surface area contributed by atoms with Gasteiger partial charge in [0, 0.05) is 17.1 Å². The number of methoxy groups -OCH3 is 1. The fourth-order valence-electron chi connectivity index (χ4n) is 2.74. The standard InChI is InChI=1S/C15H22ClNO2/c1-19-15-6-5-13(16)8-12(15)10-17-9-11-3-2-4-14(18)7-11/h5-6,8,11,14,17-18H,2-4,7,9-10H2,1H3. The van der Waals surface area contributed by atoms with Crippen LogP contribution in [0, 0.1) is 5.92 Å². The Morgan fingerprint density at radius 3 is 3.00 bits per heavy atom. The molecule has 0 heterocycles. The predicted octanol–water partition coefficient (Wildman–Crippen LogP) is 2.99. The van der Waals surface area contributed by atoms with E-state index in [9.17, 15) is 5.11 Å². The summed E-state index contributed by atoms with van der Waals surface area (Å²) in [7, 11) is 1.67. The number of hydrogen-bond acceptors (Lipinski definition) is 3. The van der Waals surface area contributed by atoms with Crippen LogP contribution in [-0.4, -0.2) is 24.9 Å². The van der Waals surface area contributed by atoms with E-state index in [1.807, 2.05) is 18.2 Å². The van der Waals surface area contributed by atoms with Crippen LogP contribution >= 0.6 is 11.6 Å². The van der Waals surface area contributed by atoms with Crippen LogP contribution in [-0.2, 0) is 6.54 Å². The van der Waals surface area contributed by atoms with E-state index >= 15 is 0 Å². The Kier molecular flexibility index (Phi) is 5.49. The molecule has 1 saturated carbocycles. The summed E-state index contributed by atoms with van der Waals surface area (Å²) >= 11 is 6.00. The van der Waals surface area contributed by atoms with E-state index in [4.69, 9.17) is 16.3 Å². The first-order chi connectivity index (χ1) is 9.19. The molecule has 1 aromatic rings. The molecule has 19 heavy (non-hydrogen) atoms. The zero-order valence-corrected chi connectivity index (χ0v) is 12.1. The van der Waals surface area contributed by atoms with Crippen molar-refractivity contribution in [1.82, 2.24) is 5.32 Å². The lowest BCUT2D eigenvalue weighted by Gasteiger charge is -2.26. The van der Waals surface area contributed by atoms with E-state index in [0.29, 0.717) is 5.92 Å². The Labute approximate surface area is 119 Å². The minimum Gasteiger partial charge on any atom is -0.496 e. The van der Waals surface area contributed by atoms with Gasteiger partial charge in [-0.2, -0.15) is 0 Å². The normalized spacial score (nSPS) is 23.3. The van der Waals surface area contributed by atoms with Gasteiger partial charge in [0.2, 0.25) is 0 Å². The number of ether oxygens (including phenoxy) is 1. The van der Waals surface area contributed by atoms with E-state index in [1.54, 1.807) is 7.11 Å². The molecule has 2 N–H and O–H groups in total. The number of benzene rings is 1. The Balaban J connectivity index is 1.83. The van der Waals surface area contributed by atoms with Crippen LogP contribution in [0.3, 0.4) is 0 Å². The molecule has 0 bridgehead atoms. The fraction of sp³-hybridized carbons (Fsp3) is 0.600. The van der Waals surface area contributed by atoms with Gasteiger partial charge in [0.05, 0.1) is 13.2 Å². The zero-order valence-electron chi connectivity index (χ0n) is 11.4. The molecular formula is C15H22ClNO2. The van der Waals surface area contributed by atoms with Gasteiger partial charge in [-0.15, -0.1) is 0 Å². The van der Waals surface area contributed by atoms with E-state index in [-0.39, 0.29) is 6.10 Å². The molecular weight excluding hydrogens is 262 g/mol. The second-order valence-electron chi connectivity index (χ2n) is 5.27. The van der Waals surface area contributed by atoms with Crippen molar-refractivity contribution in [3.05, 3.63) is 28.8 Å². The van der Waals surface area contributed by atoms with E-state index in [2.05, 4.69) is 5.32 Å². The molecule has 4 heteroatoms. The van der Waals surface area contributed by atoms with Crippen LogP contribution in [0.15, 0.2) is 18.2 Å². The predicted molar refractivity (Wildman–Crippen MR) is 77.7 cm³/mol. The van der Waals surface area contributed by atoms with E-state index in [0.717, 1.165) is 48.7 Å². The molecule has 0 saturated heterocycles. The minimum atomic E-state index is -0.110. The molecule has 2 unspecified atom stereocenters. The number of halogens is 1. The maximum Gasteiger partial charge on any atom is 0.123 e. The van der Waals surface area contributed by atoms with Crippen LogP contribution in [0.2, 0.25) is 5.02 Å². The van der Waals surface area contributed by atoms with Crippen LogP contribution in [0.1, 0.15) is 31.2 Å². The summed E-state index contributed by atoms with van der Waals surface area (Å²) in [5.41, 5.74) is 1.08. The Morgan fingerprint density at radius 2 is 2.26 bits per heavy atom. The van der Waals surface area contributed by atoms with Crippen LogP contribution in [0.4, 0.5) is 0 Å². The minimum absolute atomic E-state index is 0.110. The molecule has 2 atom stereocenters. The molecule has 106 valence electrons. The van der Waals surface area contributed by atoms with Gasteiger partial charge in [0.1, 0.15) is 5.75 Å². The third-order valence-electron chi connectivity index (χ3n) is 3.75. The van der Waals surface area contributed by atoms with Crippen molar-refractivity contribution in [2.75, 3.05) is 13.7 Å². The van der Waals surface area contributed by atoms with Gasteiger partial charge in [0.15, 0.2) is 0 Å². The third-order valence-corrected chi connectivity index (χ3v) is 3.98. The largest absolute Gasteiger partial charge is 0.496 e. The molecule has 2 rings (SSSR count). The number of nitrogens with one attached hydrogen (secondary N) is 1.